The number of aromatic nitrogens is 3. The molecule has 2 aromatic heterocycles. The molecule has 1 N–H and O–H groups in total. The molecule has 1 aliphatic heterocycles. The first-order valence-electron chi connectivity index (χ1n) is 13.3. The van der Waals surface area contributed by atoms with Gasteiger partial charge in [0.05, 0.1) is 23.9 Å². The van der Waals surface area contributed by atoms with Gasteiger partial charge in [0.15, 0.2) is 11.6 Å². The molecule has 11 heteroatoms. The Morgan fingerprint density at radius 2 is 1.92 bits per heavy atom. The quantitative estimate of drug-likeness (QED) is 0.380. The smallest absolute Gasteiger partial charge is 0.410 e. The second kappa shape index (κ2) is 9.66. The van der Waals surface area contributed by atoms with Gasteiger partial charge in [-0.3, -0.25) is 0 Å². The van der Waals surface area contributed by atoms with Crippen molar-refractivity contribution in [3.8, 4) is 11.6 Å². The van der Waals surface area contributed by atoms with Crippen molar-refractivity contribution in [1.29, 1.82) is 0 Å². The maximum Gasteiger partial charge on any atom is 0.410 e. The van der Waals surface area contributed by atoms with E-state index < -0.39 is 11.4 Å². The van der Waals surface area contributed by atoms with Crippen LogP contribution in [0.1, 0.15) is 52.9 Å². The van der Waals surface area contributed by atoms with Crippen LogP contribution in [0.3, 0.4) is 0 Å². The van der Waals surface area contributed by atoms with Crippen molar-refractivity contribution in [2.24, 2.45) is 5.41 Å². The number of nitrogens with one attached hydrogen (secondary N) is 1. The second-order valence-electron chi connectivity index (χ2n) is 11.7. The van der Waals surface area contributed by atoms with E-state index in [1.807, 2.05) is 20.8 Å². The molecule has 0 radical (unpaired) electrons. The lowest BCUT2D eigenvalue weighted by atomic mass is 9.79. The van der Waals surface area contributed by atoms with Gasteiger partial charge in [-0.2, -0.15) is 0 Å². The number of amides is 1. The Kier molecular flexibility index (Phi) is 6.40. The van der Waals surface area contributed by atoms with E-state index in [9.17, 15) is 4.79 Å². The van der Waals surface area contributed by atoms with Crippen LogP contribution in [0.2, 0.25) is 5.02 Å². The summed E-state index contributed by atoms with van der Waals surface area (Å²) in [7, 11) is 0. The molecule has 3 aromatic rings. The highest BCUT2D eigenvalue weighted by Gasteiger charge is 2.54. The van der Waals surface area contributed by atoms with Gasteiger partial charge < -0.3 is 24.4 Å². The van der Waals surface area contributed by atoms with E-state index in [2.05, 4.69) is 20.3 Å². The molecule has 3 fully saturated rings. The lowest BCUT2D eigenvalue weighted by molar-refractivity contribution is 0.0275. The van der Waals surface area contributed by atoms with Gasteiger partial charge in [-0.05, 0) is 70.1 Å². The first kappa shape index (κ1) is 25.9. The third kappa shape index (κ3) is 5.52. The van der Waals surface area contributed by atoms with Crippen LogP contribution >= 0.6 is 11.6 Å². The van der Waals surface area contributed by atoms with Gasteiger partial charge in [-0.1, -0.05) is 11.6 Å². The maximum atomic E-state index is 15.2. The SMILES string of the molecule is CC(C)(C)OC(=O)N1CC[C@H](Oc2ccc3ncnc(Nc4ccc(OC5CC6(CC6)C5)c(Cl)c4F)c3n2)C1. The van der Waals surface area contributed by atoms with Crippen molar-refractivity contribution >= 4 is 40.2 Å². The van der Waals surface area contributed by atoms with Crippen molar-refractivity contribution in [3.05, 3.63) is 41.4 Å². The second-order valence-corrected chi connectivity index (χ2v) is 12.1. The number of rotatable bonds is 6. The predicted molar refractivity (Wildman–Crippen MR) is 144 cm³/mol. The number of anilines is 2. The minimum absolute atomic E-state index is 0.0668. The Labute approximate surface area is 231 Å². The summed E-state index contributed by atoms with van der Waals surface area (Å²) < 4.78 is 32.7. The van der Waals surface area contributed by atoms with Gasteiger partial charge >= 0.3 is 6.09 Å². The van der Waals surface area contributed by atoms with Crippen LogP contribution in [0.15, 0.2) is 30.6 Å². The predicted octanol–water partition coefficient (Wildman–Crippen LogP) is 6.27. The minimum Gasteiger partial charge on any atom is -0.489 e. The van der Waals surface area contributed by atoms with E-state index in [0.29, 0.717) is 53.4 Å². The molecule has 206 valence electrons. The van der Waals surface area contributed by atoms with E-state index in [-0.39, 0.29) is 29.0 Å². The zero-order valence-electron chi connectivity index (χ0n) is 22.2. The molecule has 3 heterocycles. The molecule has 3 aliphatic rings. The number of hydrogen-bond acceptors (Lipinski definition) is 8. The summed E-state index contributed by atoms with van der Waals surface area (Å²) in [6, 6.07) is 6.73. The summed E-state index contributed by atoms with van der Waals surface area (Å²) in [5.74, 6) is 0.388. The topological polar surface area (TPSA) is 98.7 Å². The van der Waals surface area contributed by atoms with Crippen LogP contribution in [0.25, 0.3) is 11.0 Å². The third-order valence-corrected chi connectivity index (χ3v) is 7.76. The summed E-state index contributed by atoms with van der Waals surface area (Å²) in [6.07, 6.45) is 6.05. The van der Waals surface area contributed by atoms with E-state index in [1.54, 1.807) is 29.2 Å². The number of carbonyl (C=O) groups excluding carboxylic acids is 1. The highest BCUT2D eigenvalue weighted by atomic mass is 35.5. The molecule has 1 amide bonds. The first-order valence-corrected chi connectivity index (χ1v) is 13.6. The van der Waals surface area contributed by atoms with Gasteiger partial charge in [0.1, 0.15) is 34.3 Å². The summed E-state index contributed by atoms with van der Waals surface area (Å²) in [5, 5.41) is 2.93. The fourth-order valence-corrected chi connectivity index (χ4v) is 5.38. The van der Waals surface area contributed by atoms with Gasteiger partial charge in [0.2, 0.25) is 5.88 Å². The van der Waals surface area contributed by atoms with Crippen LogP contribution in [0.4, 0.5) is 20.7 Å². The Hall–Kier alpha value is -3.40. The number of nitrogens with zero attached hydrogens (tertiary/aromatic N) is 4. The monoisotopic (exact) mass is 555 g/mol. The standard InChI is InChI=1S/C28H31ClFN5O4/c1-27(2,3)39-26(36)35-11-8-16(14-35)38-21-7-5-19-24(34-21)25(32-15-31-19)33-18-4-6-20(22(29)23(18)30)37-17-12-28(13-17)9-10-28/h4-7,15-17H,8-14H2,1-3H3,(H,31,32,33)/t16-/m0/s1. The highest BCUT2D eigenvalue weighted by molar-refractivity contribution is 6.32. The number of hydrogen-bond donors (Lipinski definition) is 1. The Morgan fingerprint density at radius 1 is 1.13 bits per heavy atom. The van der Waals surface area contributed by atoms with Crippen LogP contribution in [0, 0.1) is 11.2 Å². The fraction of sp³-hybridized carbons (Fsp3) is 0.500. The number of pyridine rings is 1. The molecule has 6 rings (SSSR count). The van der Waals surface area contributed by atoms with Gasteiger partial charge in [-0.25, -0.2) is 24.1 Å². The molecule has 1 aromatic carbocycles. The number of likely N-dealkylation sites (tertiary alicyclic amines) is 1. The average Bonchev–Trinajstić information content (AvgIpc) is 3.52. The summed E-state index contributed by atoms with van der Waals surface area (Å²) in [5.41, 5.74) is 1.04. The van der Waals surface area contributed by atoms with Gasteiger partial charge in [0.25, 0.3) is 0 Å². The Bertz CT molecular complexity index is 1420. The van der Waals surface area contributed by atoms with Crippen molar-refractivity contribution in [1.82, 2.24) is 19.9 Å². The van der Waals surface area contributed by atoms with Crippen LogP contribution in [-0.2, 0) is 4.74 Å². The lowest BCUT2D eigenvalue weighted by Crippen LogP contribution is -2.36. The highest BCUT2D eigenvalue weighted by Crippen LogP contribution is 2.61. The van der Waals surface area contributed by atoms with E-state index in [4.69, 9.17) is 25.8 Å². The van der Waals surface area contributed by atoms with Crippen molar-refractivity contribution < 1.29 is 23.4 Å². The lowest BCUT2D eigenvalue weighted by Gasteiger charge is -2.36. The van der Waals surface area contributed by atoms with E-state index in [1.165, 1.54) is 19.2 Å². The molecule has 2 saturated carbocycles. The van der Waals surface area contributed by atoms with Crippen LogP contribution in [-0.4, -0.2) is 56.8 Å². The molecule has 0 bridgehead atoms. The minimum atomic E-state index is -0.623. The summed E-state index contributed by atoms with van der Waals surface area (Å²) in [6.45, 7) is 6.43. The molecule has 1 spiro atoms. The van der Waals surface area contributed by atoms with Crippen LogP contribution < -0.4 is 14.8 Å². The fourth-order valence-electron chi connectivity index (χ4n) is 5.17. The van der Waals surface area contributed by atoms with Crippen molar-refractivity contribution in [2.75, 3.05) is 18.4 Å². The molecule has 0 unspecified atom stereocenters. The average molecular weight is 556 g/mol. The summed E-state index contributed by atoms with van der Waals surface area (Å²) in [4.78, 5) is 27.1. The largest absolute Gasteiger partial charge is 0.489 e. The Morgan fingerprint density at radius 3 is 2.67 bits per heavy atom. The van der Waals surface area contributed by atoms with E-state index >= 15 is 4.39 Å². The number of ether oxygens (including phenoxy) is 3. The van der Waals surface area contributed by atoms with Crippen LogP contribution in [0.5, 0.6) is 11.6 Å². The molecule has 39 heavy (non-hydrogen) atoms. The molecule has 1 atom stereocenters. The molecular formula is C28H31ClFN5O4. The van der Waals surface area contributed by atoms with E-state index in [0.717, 1.165) is 12.8 Å². The molecule has 1 saturated heterocycles. The van der Waals surface area contributed by atoms with Crippen molar-refractivity contribution in [3.63, 3.8) is 0 Å². The Balaban J connectivity index is 1.15. The van der Waals surface area contributed by atoms with Crippen molar-refractivity contribution in [2.45, 2.75) is 70.7 Å². The number of fused-ring (bicyclic) bond motifs is 1. The molecule has 2 aliphatic carbocycles. The summed E-state index contributed by atoms with van der Waals surface area (Å²) >= 11 is 6.34. The first-order chi connectivity index (χ1) is 18.6. The number of halogens is 2. The zero-order chi connectivity index (χ0) is 27.4. The zero-order valence-corrected chi connectivity index (χ0v) is 22.9. The maximum absolute atomic E-state index is 15.2. The third-order valence-electron chi connectivity index (χ3n) is 7.41. The van der Waals surface area contributed by atoms with Gasteiger partial charge in [0, 0.05) is 19.0 Å². The number of carbonyl (C=O) groups is 1. The number of benzene rings is 1. The van der Waals surface area contributed by atoms with Gasteiger partial charge in [-0.15, -0.1) is 0 Å². The molecular weight excluding hydrogens is 525 g/mol. The normalized spacial score (nSPS) is 20.1. The molecule has 9 nitrogen and oxygen atoms in total.